The fourth-order valence-electron chi connectivity index (χ4n) is 2.84. The van der Waals surface area contributed by atoms with Crippen LogP contribution in [0.1, 0.15) is 11.4 Å². The minimum absolute atomic E-state index is 0.104. The van der Waals surface area contributed by atoms with E-state index in [9.17, 15) is 9.90 Å². The van der Waals surface area contributed by atoms with Crippen molar-refractivity contribution in [3.8, 4) is 11.4 Å². The molecule has 4 nitrogen and oxygen atoms in total. The van der Waals surface area contributed by atoms with Crippen LogP contribution in [0.5, 0.6) is 5.75 Å². The van der Waals surface area contributed by atoms with Crippen LogP contribution in [0.15, 0.2) is 83.7 Å². The van der Waals surface area contributed by atoms with Crippen LogP contribution in [0, 0.1) is 0 Å². The molecule has 0 aliphatic carbocycles. The summed E-state index contributed by atoms with van der Waals surface area (Å²) in [4.78, 5) is 17.7. The quantitative estimate of drug-likeness (QED) is 0.606. The van der Waals surface area contributed by atoms with Gasteiger partial charge in [-0.05, 0) is 48.0 Å². The number of aromatic hydroxyl groups is 1. The summed E-state index contributed by atoms with van der Waals surface area (Å²) < 4.78 is 1.61. The number of hydrogen-bond acceptors (Lipinski definition) is 3. The summed E-state index contributed by atoms with van der Waals surface area (Å²) in [5.74, 6) is 0.764. The highest BCUT2D eigenvalue weighted by atomic mass is 16.3. The van der Waals surface area contributed by atoms with Gasteiger partial charge in [-0.3, -0.25) is 9.36 Å². The van der Waals surface area contributed by atoms with E-state index < -0.39 is 0 Å². The lowest BCUT2D eigenvalue weighted by Crippen LogP contribution is -2.22. The highest BCUT2D eigenvalue weighted by molar-refractivity contribution is 5.80. The van der Waals surface area contributed by atoms with Crippen LogP contribution < -0.4 is 5.56 Å². The molecule has 0 atom stereocenters. The third-order valence-electron chi connectivity index (χ3n) is 4.13. The minimum Gasteiger partial charge on any atom is -0.508 e. The van der Waals surface area contributed by atoms with E-state index >= 15 is 0 Å². The zero-order valence-corrected chi connectivity index (χ0v) is 13.9. The maximum absolute atomic E-state index is 13.1. The van der Waals surface area contributed by atoms with Crippen molar-refractivity contribution in [3.05, 3.63) is 101 Å². The van der Waals surface area contributed by atoms with Crippen LogP contribution in [0.3, 0.4) is 0 Å². The molecule has 0 aliphatic rings. The number of phenols is 1. The average Bonchev–Trinajstić information content (AvgIpc) is 2.68. The maximum Gasteiger partial charge on any atom is 0.266 e. The smallest absolute Gasteiger partial charge is 0.266 e. The molecule has 26 heavy (non-hydrogen) atoms. The van der Waals surface area contributed by atoms with Gasteiger partial charge in [-0.25, -0.2) is 4.98 Å². The zero-order valence-electron chi connectivity index (χ0n) is 13.9. The highest BCUT2D eigenvalue weighted by Gasteiger charge is 2.10. The van der Waals surface area contributed by atoms with Crippen LogP contribution in [-0.4, -0.2) is 14.7 Å². The lowest BCUT2D eigenvalue weighted by Gasteiger charge is -2.11. The molecule has 4 aromatic rings. The number of hydrogen-bond donors (Lipinski definition) is 1. The van der Waals surface area contributed by atoms with E-state index in [1.54, 1.807) is 34.9 Å². The zero-order chi connectivity index (χ0) is 17.9. The van der Waals surface area contributed by atoms with Crippen LogP contribution in [-0.2, 0) is 0 Å². The fraction of sp³-hybridized carbons (Fsp3) is 0. The number of rotatable bonds is 3. The predicted octanol–water partition coefficient (Wildman–Crippen LogP) is 4.26. The molecule has 0 bridgehead atoms. The summed E-state index contributed by atoms with van der Waals surface area (Å²) >= 11 is 0. The number of aromatic nitrogens is 2. The van der Waals surface area contributed by atoms with Crippen molar-refractivity contribution >= 4 is 23.1 Å². The van der Waals surface area contributed by atoms with Crippen LogP contribution >= 0.6 is 0 Å². The molecule has 1 heterocycles. The van der Waals surface area contributed by atoms with Crippen molar-refractivity contribution < 1.29 is 5.11 Å². The van der Waals surface area contributed by atoms with E-state index in [1.807, 2.05) is 60.7 Å². The minimum atomic E-state index is -0.104. The van der Waals surface area contributed by atoms with Gasteiger partial charge in [-0.2, -0.15) is 0 Å². The third kappa shape index (κ3) is 3.00. The van der Waals surface area contributed by atoms with Gasteiger partial charge in [-0.1, -0.05) is 48.5 Å². The Morgan fingerprint density at radius 3 is 2.27 bits per heavy atom. The van der Waals surface area contributed by atoms with E-state index in [1.165, 1.54) is 0 Å². The average molecular weight is 340 g/mol. The van der Waals surface area contributed by atoms with Crippen LogP contribution in [0.2, 0.25) is 0 Å². The molecule has 0 aliphatic heterocycles. The van der Waals surface area contributed by atoms with E-state index in [-0.39, 0.29) is 11.3 Å². The van der Waals surface area contributed by atoms with Gasteiger partial charge in [0.25, 0.3) is 5.56 Å². The SMILES string of the molecule is O=c1c2ccccc2nc(C=Cc2ccc(O)cc2)n1-c1ccccc1. The van der Waals surface area contributed by atoms with E-state index in [0.29, 0.717) is 16.7 Å². The molecule has 0 saturated heterocycles. The second kappa shape index (κ2) is 6.69. The largest absolute Gasteiger partial charge is 0.508 e. The number of benzene rings is 3. The lowest BCUT2D eigenvalue weighted by atomic mass is 10.2. The highest BCUT2D eigenvalue weighted by Crippen LogP contribution is 2.16. The topological polar surface area (TPSA) is 55.1 Å². The second-order valence-corrected chi connectivity index (χ2v) is 5.89. The Kier molecular flexibility index (Phi) is 4.07. The summed E-state index contributed by atoms with van der Waals surface area (Å²) in [6, 6.07) is 23.7. The Morgan fingerprint density at radius 2 is 1.50 bits per heavy atom. The Hall–Kier alpha value is -3.66. The first-order valence-corrected chi connectivity index (χ1v) is 8.27. The van der Waals surface area contributed by atoms with Gasteiger partial charge >= 0.3 is 0 Å². The molecule has 126 valence electrons. The normalized spacial score (nSPS) is 11.2. The van der Waals surface area contributed by atoms with E-state index in [4.69, 9.17) is 0 Å². The summed E-state index contributed by atoms with van der Waals surface area (Å²) in [5.41, 5.74) is 2.23. The molecule has 3 aromatic carbocycles. The summed E-state index contributed by atoms with van der Waals surface area (Å²) in [5, 5.41) is 9.99. The second-order valence-electron chi connectivity index (χ2n) is 5.89. The Labute approximate surface area is 150 Å². The third-order valence-corrected chi connectivity index (χ3v) is 4.13. The summed E-state index contributed by atoms with van der Waals surface area (Å²) in [6.07, 6.45) is 3.68. The molecule has 0 spiro atoms. The molecule has 0 radical (unpaired) electrons. The number of phenolic OH excluding ortho intramolecular Hbond substituents is 1. The van der Waals surface area contributed by atoms with E-state index in [0.717, 1.165) is 11.3 Å². The molecule has 4 rings (SSSR count). The molecule has 0 saturated carbocycles. The molecule has 0 unspecified atom stereocenters. The van der Waals surface area contributed by atoms with Crippen LogP contribution in [0.25, 0.3) is 28.7 Å². The van der Waals surface area contributed by atoms with Crippen molar-refractivity contribution in [1.29, 1.82) is 0 Å². The first kappa shape index (κ1) is 15.8. The van der Waals surface area contributed by atoms with Gasteiger partial charge in [0.05, 0.1) is 16.6 Å². The predicted molar refractivity (Wildman–Crippen MR) is 104 cm³/mol. The Morgan fingerprint density at radius 1 is 0.808 bits per heavy atom. The first-order chi connectivity index (χ1) is 12.7. The molecular weight excluding hydrogens is 324 g/mol. The lowest BCUT2D eigenvalue weighted by molar-refractivity contribution is 0.475. The molecule has 0 amide bonds. The maximum atomic E-state index is 13.1. The van der Waals surface area contributed by atoms with Crippen molar-refractivity contribution in [3.63, 3.8) is 0 Å². The Bertz CT molecular complexity index is 1140. The standard InChI is InChI=1S/C22H16N2O2/c25-18-13-10-16(11-14-18)12-15-21-23-20-9-5-4-8-19(20)22(26)24(21)17-6-2-1-3-7-17/h1-15,25H. The van der Waals surface area contributed by atoms with Gasteiger partial charge in [0.15, 0.2) is 0 Å². The summed E-state index contributed by atoms with van der Waals surface area (Å²) in [7, 11) is 0. The number of para-hydroxylation sites is 2. The molecule has 0 fully saturated rings. The fourth-order valence-corrected chi connectivity index (χ4v) is 2.84. The van der Waals surface area contributed by atoms with Gasteiger partial charge in [-0.15, -0.1) is 0 Å². The molecular formula is C22H16N2O2. The number of nitrogens with zero attached hydrogens (tertiary/aromatic N) is 2. The Balaban J connectivity index is 1.92. The van der Waals surface area contributed by atoms with Gasteiger partial charge < -0.3 is 5.11 Å². The van der Waals surface area contributed by atoms with Crippen molar-refractivity contribution in [1.82, 2.24) is 9.55 Å². The van der Waals surface area contributed by atoms with Crippen molar-refractivity contribution in [2.24, 2.45) is 0 Å². The van der Waals surface area contributed by atoms with Gasteiger partial charge in [0.2, 0.25) is 0 Å². The molecule has 1 N–H and O–H groups in total. The first-order valence-electron chi connectivity index (χ1n) is 8.27. The van der Waals surface area contributed by atoms with Crippen molar-refractivity contribution in [2.45, 2.75) is 0 Å². The van der Waals surface area contributed by atoms with Crippen LogP contribution in [0.4, 0.5) is 0 Å². The van der Waals surface area contributed by atoms with E-state index in [2.05, 4.69) is 4.98 Å². The summed E-state index contributed by atoms with van der Waals surface area (Å²) in [6.45, 7) is 0. The molecule has 1 aromatic heterocycles. The molecule has 4 heteroatoms. The van der Waals surface area contributed by atoms with Crippen molar-refractivity contribution in [2.75, 3.05) is 0 Å². The van der Waals surface area contributed by atoms with Gasteiger partial charge in [0.1, 0.15) is 11.6 Å². The number of fused-ring (bicyclic) bond motifs is 1. The monoisotopic (exact) mass is 340 g/mol. The van der Waals surface area contributed by atoms with Gasteiger partial charge in [0, 0.05) is 0 Å².